The fraction of sp³-hybridized carbons (Fsp3) is 0.682. The topological polar surface area (TPSA) is 180 Å². The van der Waals surface area contributed by atoms with E-state index in [9.17, 15) is 37.5 Å². The van der Waals surface area contributed by atoms with Gasteiger partial charge in [0, 0.05) is 43.3 Å². The molecular weight excluding hydrogens is 545 g/mol. The number of amides is 3. The van der Waals surface area contributed by atoms with Crippen molar-refractivity contribution in [3.05, 3.63) is 10.6 Å². The Morgan fingerprint density at radius 1 is 1.33 bits per heavy atom. The first-order valence-electron chi connectivity index (χ1n) is 12.1. The van der Waals surface area contributed by atoms with Crippen molar-refractivity contribution < 1.29 is 37.5 Å². The number of carboxylic acids is 1. The fourth-order valence-electron chi connectivity index (χ4n) is 5.04. The van der Waals surface area contributed by atoms with Gasteiger partial charge in [-0.3, -0.25) is 19.8 Å². The Morgan fingerprint density at radius 3 is 2.56 bits per heavy atom. The third-order valence-corrected chi connectivity index (χ3v) is 8.44. The van der Waals surface area contributed by atoms with Crippen molar-refractivity contribution in [1.82, 2.24) is 25.9 Å². The standard InChI is InChI=1S/C22H31F3N8O5S/c1-9(6-28-13(34)8-29-31-21(30-26)22(23,24)25)14-15-10(2)17(16(20(37)38)33(15)19(14)36)39-11-5-12(27-7-11)18(35)32(3)4/h9-12,14-15,26-27,29H,5-8H2,1-4H3,(H,28,34)(H,37,38)/b30-26?,31-21-/t9?,10-,11+,12+,14-,15-/m1/s1. The summed E-state index contributed by atoms with van der Waals surface area (Å²) in [6.45, 7) is 3.51. The van der Waals surface area contributed by atoms with Gasteiger partial charge < -0.3 is 25.5 Å². The highest BCUT2D eigenvalue weighted by Crippen LogP contribution is 2.52. The zero-order chi connectivity index (χ0) is 29.2. The molecule has 39 heavy (non-hydrogen) atoms. The predicted molar refractivity (Wildman–Crippen MR) is 133 cm³/mol. The van der Waals surface area contributed by atoms with E-state index in [0.717, 1.165) is 0 Å². The Balaban J connectivity index is 1.59. The van der Waals surface area contributed by atoms with Crippen molar-refractivity contribution in [1.29, 1.82) is 5.53 Å². The number of carbonyl (C=O) groups is 4. The number of likely N-dealkylation sites (N-methyl/N-ethyl adjacent to an activating group) is 1. The number of halogens is 3. The number of amidine groups is 1. The molecule has 5 N–H and O–H groups in total. The SMILES string of the molecule is CC(CNC(=O)CN/N=C(\N=N)C(F)(F)F)[C@H]1C(=O)N2C(C(=O)O)=C(S[C@@H]3CN[C@H](C(=O)N(C)C)C3)[C@H](C)[C@H]12. The van der Waals surface area contributed by atoms with Crippen LogP contribution < -0.4 is 16.1 Å². The molecular formula is C22H31F3N8O5S. The summed E-state index contributed by atoms with van der Waals surface area (Å²) in [4.78, 5) is 52.9. The quantitative estimate of drug-likeness (QED) is 0.0823. The molecule has 17 heteroatoms. The lowest BCUT2D eigenvalue weighted by Gasteiger charge is -2.47. The zero-order valence-corrected chi connectivity index (χ0v) is 22.5. The van der Waals surface area contributed by atoms with E-state index < -0.39 is 48.3 Å². The molecule has 13 nitrogen and oxygen atoms in total. The van der Waals surface area contributed by atoms with Gasteiger partial charge in [-0.2, -0.15) is 18.3 Å². The molecule has 2 fully saturated rings. The van der Waals surface area contributed by atoms with Crippen molar-refractivity contribution in [2.45, 2.75) is 43.8 Å². The third kappa shape index (κ3) is 6.34. The lowest BCUT2D eigenvalue weighted by atomic mass is 9.75. The number of hydrogen-bond acceptors (Lipinski definition) is 9. The maximum atomic E-state index is 13.0. The van der Waals surface area contributed by atoms with Crippen LogP contribution in [0.25, 0.3) is 0 Å². The molecule has 6 atom stereocenters. The van der Waals surface area contributed by atoms with Crippen molar-refractivity contribution in [3.63, 3.8) is 0 Å². The smallest absolute Gasteiger partial charge is 0.455 e. The molecule has 0 aromatic carbocycles. The number of hydrogen-bond donors (Lipinski definition) is 5. The molecule has 0 aromatic rings. The highest BCUT2D eigenvalue weighted by atomic mass is 32.2. The number of aliphatic carboxylic acids is 1. The van der Waals surface area contributed by atoms with E-state index in [0.29, 0.717) is 17.9 Å². The van der Waals surface area contributed by atoms with Crippen LogP contribution in [0.3, 0.4) is 0 Å². The van der Waals surface area contributed by atoms with Gasteiger partial charge in [-0.1, -0.05) is 13.8 Å². The second-order valence-corrected chi connectivity index (χ2v) is 11.2. The summed E-state index contributed by atoms with van der Waals surface area (Å²) >= 11 is 1.37. The normalized spacial score (nSPS) is 27.6. The molecule has 0 saturated carbocycles. The summed E-state index contributed by atoms with van der Waals surface area (Å²) in [5.41, 5.74) is 8.36. The van der Waals surface area contributed by atoms with E-state index in [1.807, 2.05) is 12.3 Å². The molecule has 0 bridgehead atoms. The number of alkyl halides is 3. The number of β-lactam (4-membered cyclic amide) rings is 1. The second kappa shape index (κ2) is 11.9. The number of thioether (sulfide) groups is 1. The molecule has 216 valence electrons. The summed E-state index contributed by atoms with van der Waals surface area (Å²) in [5, 5.41) is 20.7. The van der Waals surface area contributed by atoms with Gasteiger partial charge in [0.25, 0.3) is 5.84 Å². The molecule has 3 aliphatic rings. The number of carboxylic acid groups (broad SMARTS) is 1. The Hall–Kier alpha value is -3.21. The van der Waals surface area contributed by atoms with Crippen LogP contribution in [0.4, 0.5) is 13.2 Å². The molecule has 3 rings (SSSR count). The highest BCUT2D eigenvalue weighted by molar-refractivity contribution is 8.03. The largest absolute Gasteiger partial charge is 0.477 e. The molecule has 0 aromatic heterocycles. The third-order valence-electron chi connectivity index (χ3n) is 6.93. The predicted octanol–water partition coefficient (Wildman–Crippen LogP) is 0.560. The van der Waals surface area contributed by atoms with E-state index in [4.69, 9.17) is 5.53 Å². The number of fused-ring (bicyclic) bond motifs is 1. The molecule has 3 amide bonds. The zero-order valence-electron chi connectivity index (χ0n) is 21.7. The Labute approximate surface area is 226 Å². The first-order valence-corrected chi connectivity index (χ1v) is 13.0. The maximum Gasteiger partial charge on any atom is 0.455 e. The minimum absolute atomic E-state index is 0.0262. The minimum Gasteiger partial charge on any atom is -0.477 e. The Kier molecular flexibility index (Phi) is 9.25. The van der Waals surface area contributed by atoms with Crippen LogP contribution in [0.5, 0.6) is 0 Å². The van der Waals surface area contributed by atoms with E-state index >= 15 is 0 Å². The van der Waals surface area contributed by atoms with Gasteiger partial charge >= 0.3 is 12.1 Å². The van der Waals surface area contributed by atoms with E-state index in [1.54, 1.807) is 21.0 Å². The number of nitrogens with zero attached hydrogens (tertiary/aromatic N) is 4. The van der Waals surface area contributed by atoms with Crippen molar-refractivity contribution in [2.24, 2.45) is 28.0 Å². The van der Waals surface area contributed by atoms with E-state index in [2.05, 4.69) is 20.8 Å². The number of rotatable bonds is 10. The Bertz CT molecular complexity index is 1100. The average Bonchev–Trinajstić information content (AvgIpc) is 3.40. The lowest BCUT2D eigenvalue weighted by molar-refractivity contribution is -0.159. The summed E-state index contributed by atoms with van der Waals surface area (Å²) in [7, 11) is 3.33. The van der Waals surface area contributed by atoms with Gasteiger partial charge in [0.15, 0.2) is 0 Å². The van der Waals surface area contributed by atoms with Crippen LogP contribution in [0, 0.1) is 23.3 Å². The van der Waals surface area contributed by atoms with E-state index in [1.165, 1.54) is 21.6 Å². The van der Waals surface area contributed by atoms with Gasteiger partial charge in [0.05, 0.1) is 18.0 Å². The lowest BCUT2D eigenvalue weighted by Crippen LogP contribution is -2.63. The highest BCUT2D eigenvalue weighted by Gasteiger charge is 2.60. The van der Waals surface area contributed by atoms with Gasteiger partial charge in [-0.25, -0.2) is 10.3 Å². The summed E-state index contributed by atoms with van der Waals surface area (Å²) < 4.78 is 37.6. The summed E-state index contributed by atoms with van der Waals surface area (Å²) in [5.74, 6) is -5.30. The van der Waals surface area contributed by atoms with Gasteiger partial charge in [0.1, 0.15) is 12.2 Å². The fourth-order valence-corrected chi connectivity index (χ4v) is 6.52. The average molecular weight is 577 g/mol. The number of carbonyl (C=O) groups excluding carboxylic acids is 3. The van der Waals surface area contributed by atoms with E-state index in [-0.39, 0.29) is 41.3 Å². The molecule has 2 saturated heterocycles. The molecule has 3 heterocycles. The summed E-state index contributed by atoms with van der Waals surface area (Å²) in [6.07, 6.45) is -4.42. The molecule has 1 unspecified atom stereocenters. The first-order chi connectivity index (χ1) is 18.2. The van der Waals surface area contributed by atoms with Crippen LogP contribution >= 0.6 is 11.8 Å². The maximum absolute atomic E-state index is 13.0. The molecule has 3 aliphatic heterocycles. The van der Waals surface area contributed by atoms with Crippen molar-refractivity contribution in [3.8, 4) is 0 Å². The van der Waals surface area contributed by atoms with Crippen LogP contribution in [0.2, 0.25) is 0 Å². The van der Waals surface area contributed by atoms with Crippen LogP contribution in [0.15, 0.2) is 20.8 Å². The molecule has 0 aliphatic carbocycles. The Morgan fingerprint density at radius 2 is 2.00 bits per heavy atom. The van der Waals surface area contributed by atoms with Crippen LogP contribution in [-0.4, -0.2) is 102 Å². The van der Waals surface area contributed by atoms with Crippen LogP contribution in [0.1, 0.15) is 20.3 Å². The van der Waals surface area contributed by atoms with Gasteiger partial charge in [-0.05, 0) is 12.3 Å². The minimum atomic E-state index is -4.94. The number of hydrazone groups is 1. The summed E-state index contributed by atoms with van der Waals surface area (Å²) in [6, 6.07) is -0.776. The van der Waals surface area contributed by atoms with Crippen LogP contribution in [-0.2, 0) is 19.2 Å². The second-order valence-electron chi connectivity index (χ2n) is 9.86. The van der Waals surface area contributed by atoms with Gasteiger partial charge in [-0.15, -0.1) is 16.9 Å². The molecule has 0 radical (unpaired) electrons. The molecule has 0 spiro atoms. The van der Waals surface area contributed by atoms with Gasteiger partial charge in [0.2, 0.25) is 17.7 Å². The van der Waals surface area contributed by atoms with Crippen molar-refractivity contribution >= 4 is 41.3 Å². The number of nitrogens with one attached hydrogen (secondary N) is 4. The van der Waals surface area contributed by atoms with Crippen molar-refractivity contribution in [2.75, 3.05) is 33.7 Å². The first kappa shape index (κ1) is 30.3. The monoisotopic (exact) mass is 576 g/mol.